The largest absolute Gasteiger partial charge is 0.313 e. The standard InChI is InChI=1S/C14H18BrNO/c1-16-14(10-2-6-12(15)7-3-10)11-4-8-13(17)9-5-11/h2-3,6-7,11,14,16H,4-5,8-9H2,1H3. The van der Waals surface area contributed by atoms with E-state index in [9.17, 15) is 4.79 Å². The summed E-state index contributed by atoms with van der Waals surface area (Å²) in [5.74, 6) is 1.01. The molecule has 2 nitrogen and oxygen atoms in total. The molecular formula is C14H18BrNO. The van der Waals surface area contributed by atoms with Crippen LogP contribution < -0.4 is 5.32 Å². The zero-order chi connectivity index (χ0) is 12.3. The summed E-state index contributed by atoms with van der Waals surface area (Å²) in [4.78, 5) is 11.3. The molecule has 1 aliphatic rings. The molecule has 0 saturated heterocycles. The highest BCUT2D eigenvalue weighted by atomic mass is 79.9. The van der Waals surface area contributed by atoms with E-state index in [0.717, 1.165) is 30.2 Å². The topological polar surface area (TPSA) is 29.1 Å². The molecule has 0 bridgehead atoms. The Morgan fingerprint density at radius 2 is 1.82 bits per heavy atom. The van der Waals surface area contributed by atoms with E-state index >= 15 is 0 Å². The van der Waals surface area contributed by atoms with Crippen LogP contribution in [-0.2, 0) is 4.79 Å². The van der Waals surface area contributed by atoms with Gasteiger partial charge in [0.1, 0.15) is 5.78 Å². The maximum atomic E-state index is 11.3. The van der Waals surface area contributed by atoms with Crippen LogP contribution in [-0.4, -0.2) is 12.8 Å². The summed E-state index contributed by atoms with van der Waals surface area (Å²) in [6.07, 6.45) is 3.53. The van der Waals surface area contributed by atoms with E-state index in [1.54, 1.807) is 0 Å². The van der Waals surface area contributed by atoms with Crippen LogP contribution in [0, 0.1) is 5.92 Å². The van der Waals surface area contributed by atoms with Crippen molar-refractivity contribution in [2.75, 3.05) is 7.05 Å². The van der Waals surface area contributed by atoms with Crippen LogP contribution in [0.5, 0.6) is 0 Å². The Morgan fingerprint density at radius 1 is 1.24 bits per heavy atom. The van der Waals surface area contributed by atoms with Crippen molar-refractivity contribution in [3.63, 3.8) is 0 Å². The molecule has 0 spiro atoms. The van der Waals surface area contributed by atoms with Gasteiger partial charge in [0.25, 0.3) is 0 Å². The molecule has 1 aliphatic carbocycles. The van der Waals surface area contributed by atoms with Crippen LogP contribution in [0.15, 0.2) is 28.7 Å². The van der Waals surface area contributed by atoms with Crippen molar-refractivity contribution < 1.29 is 4.79 Å². The van der Waals surface area contributed by atoms with Gasteiger partial charge in [0.05, 0.1) is 0 Å². The normalized spacial score (nSPS) is 19.3. The first kappa shape index (κ1) is 12.8. The highest BCUT2D eigenvalue weighted by Gasteiger charge is 2.26. The Kier molecular flexibility index (Phi) is 4.35. The molecule has 1 N–H and O–H groups in total. The van der Waals surface area contributed by atoms with Crippen molar-refractivity contribution in [1.29, 1.82) is 0 Å². The molecule has 0 heterocycles. The van der Waals surface area contributed by atoms with Gasteiger partial charge in [-0.15, -0.1) is 0 Å². The van der Waals surface area contributed by atoms with Crippen molar-refractivity contribution >= 4 is 21.7 Å². The van der Waals surface area contributed by atoms with Gasteiger partial charge in [-0.3, -0.25) is 4.79 Å². The molecule has 17 heavy (non-hydrogen) atoms. The van der Waals surface area contributed by atoms with Crippen molar-refractivity contribution in [3.05, 3.63) is 34.3 Å². The van der Waals surface area contributed by atoms with Crippen LogP contribution in [0.4, 0.5) is 0 Å². The maximum absolute atomic E-state index is 11.3. The summed E-state index contributed by atoms with van der Waals surface area (Å²) >= 11 is 3.46. The van der Waals surface area contributed by atoms with Gasteiger partial charge < -0.3 is 5.32 Å². The molecule has 1 fully saturated rings. The molecule has 0 aromatic heterocycles. The minimum absolute atomic E-state index is 0.371. The minimum atomic E-state index is 0.371. The zero-order valence-electron chi connectivity index (χ0n) is 10.1. The van der Waals surface area contributed by atoms with Crippen molar-refractivity contribution in [2.45, 2.75) is 31.7 Å². The van der Waals surface area contributed by atoms with E-state index < -0.39 is 0 Å². The molecule has 1 atom stereocenters. The lowest BCUT2D eigenvalue weighted by molar-refractivity contribution is -0.121. The van der Waals surface area contributed by atoms with E-state index in [4.69, 9.17) is 0 Å². The number of nitrogens with one attached hydrogen (secondary N) is 1. The number of halogens is 1. The molecule has 0 aliphatic heterocycles. The molecule has 1 saturated carbocycles. The minimum Gasteiger partial charge on any atom is -0.313 e. The van der Waals surface area contributed by atoms with E-state index in [0.29, 0.717) is 17.7 Å². The average molecular weight is 296 g/mol. The maximum Gasteiger partial charge on any atom is 0.132 e. The smallest absolute Gasteiger partial charge is 0.132 e. The Bertz CT molecular complexity index is 378. The van der Waals surface area contributed by atoms with Crippen LogP contribution in [0.25, 0.3) is 0 Å². The molecule has 1 unspecified atom stereocenters. The fourth-order valence-corrected chi connectivity index (χ4v) is 2.90. The van der Waals surface area contributed by atoms with Gasteiger partial charge >= 0.3 is 0 Å². The van der Waals surface area contributed by atoms with E-state index in [1.807, 2.05) is 7.05 Å². The molecule has 3 heteroatoms. The lowest BCUT2D eigenvalue weighted by Crippen LogP contribution is -2.28. The van der Waals surface area contributed by atoms with Crippen LogP contribution >= 0.6 is 15.9 Å². The summed E-state index contributed by atoms with van der Waals surface area (Å²) in [6.45, 7) is 0. The number of Topliss-reactive ketones (excluding diaryl/α,β-unsaturated/α-hetero) is 1. The van der Waals surface area contributed by atoms with Gasteiger partial charge in [0.2, 0.25) is 0 Å². The lowest BCUT2D eigenvalue weighted by Gasteiger charge is -2.30. The first-order valence-electron chi connectivity index (χ1n) is 6.15. The first-order valence-corrected chi connectivity index (χ1v) is 6.94. The molecule has 0 radical (unpaired) electrons. The third-order valence-corrected chi connectivity index (χ3v) is 4.13. The van der Waals surface area contributed by atoms with Crippen molar-refractivity contribution in [1.82, 2.24) is 5.32 Å². The molecule has 0 amide bonds. The summed E-state index contributed by atoms with van der Waals surface area (Å²) in [6, 6.07) is 8.83. The first-order chi connectivity index (χ1) is 8.20. The molecule has 1 aromatic carbocycles. The predicted octanol–water partition coefficient (Wildman–Crippen LogP) is 3.47. The third-order valence-electron chi connectivity index (χ3n) is 3.60. The Hall–Kier alpha value is -0.670. The number of carbonyl (C=O) groups is 1. The van der Waals surface area contributed by atoms with Gasteiger partial charge in [-0.05, 0) is 43.5 Å². The van der Waals surface area contributed by atoms with Gasteiger partial charge in [-0.2, -0.15) is 0 Å². The van der Waals surface area contributed by atoms with E-state index in [-0.39, 0.29) is 0 Å². The van der Waals surface area contributed by atoms with Gasteiger partial charge in [0, 0.05) is 23.4 Å². The van der Waals surface area contributed by atoms with E-state index in [2.05, 4.69) is 45.5 Å². The summed E-state index contributed by atoms with van der Waals surface area (Å²) in [5, 5.41) is 3.40. The van der Waals surface area contributed by atoms with Crippen LogP contribution in [0.3, 0.4) is 0 Å². The Balaban J connectivity index is 2.10. The van der Waals surface area contributed by atoms with Gasteiger partial charge in [-0.25, -0.2) is 0 Å². The van der Waals surface area contributed by atoms with Crippen LogP contribution in [0.2, 0.25) is 0 Å². The fraction of sp³-hybridized carbons (Fsp3) is 0.500. The van der Waals surface area contributed by atoms with Crippen molar-refractivity contribution in [3.8, 4) is 0 Å². The number of hydrogen-bond donors (Lipinski definition) is 1. The molecular weight excluding hydrogens is 278 g/mol. The summed E-state index contributed by atoms with van der Waals surface area (Å²) in [5.41, 5.74) is 1.31. The Labute approximate surface area is 111 Å². The highest BCUT2D eigenvalue weighted by molar-refractivity contribution is 9.10. The Morgan fingerprint density at radius 3 is 2.35 bits per heavy atom. The quantitative estimate of drug-likeness (QED) is 0.925. The lowest BCUT2D eigenvalue weighted by atomic mass is 9.81. The number of hydrogen-bond acceptors (Lipinski definition) is 2. The molecule has 92 valence electrons. The number of benzene rings is 1. The summed E-state index contributed by atoms with van der Waals surface area (Å²) < 4.78 is 1.11. The monoisotopic (exact) mass is 295 g/mol. The third kappa shape index (κ3) is 3.17. The van der Waals surface area contributed by atoms with E-state index in [1.165, 1.54) is 5.56 Å². The predicted molar refractivity (Wildman–Crippen MR) is 72.9 cm³/mol. The fourth-order valence-electron chi connectivity index (χ4n) is 2.64. The average Bonchev–Trinajstić information content (AvgIpc) is 2.35. The number of rotatable bonds is 3. The molecule has 1 aromatic rings. The number of carbonyl (C=O) groups excluding carboxylic acids is 1. The number of ketones is 1. The second-order valence-electron chi connectivity index (χ2n) is 4.69. The second-order valence-corrected chi connectivity index (χ2v) is 5.61. The SMILES string of the molecule is CNC(c1ccc(Br)cc1)C1CCC(=O)CC1. The van der Waals surface area contributed by atoms with Gasteiger partial charge in [-0.1, -0.05) is 28.1 Å². The zero-order valence-corrected chi connectivity index (χ0v) is 11.7. The molecule has 2 rings (SSSR count). The van der Waals surface area contributed by atoms with Crippen LogP contribution in [0.1, 0.15) is 37.3 Å². The second kappa shape index (κ2) is 5.78. The highest BCUT2D eigenvalue weighted by Crippen LogP contribution is 2.33. The van der Waals surface area contributed by atoms with Gasteiger partial charge in [0.15, 0.2) is 0 Å². The van der Waals surface area contributed by atoms with Crippen molar-refractivity contribution in [2.24, 2.45) is 5.92 Å². The summed E-state index contributed by atoms with van der Waals surface area (Å²) in [7, 11) is 2.00.